The van der Waals surface area contributed by atoms with E-state index in [2.05, 4.69) is 26.1 Å². The molecule has 0 bridgehead atoms. The molecule has 7 nitrogen and oxygen atoms in total. The monoisotopic (exact) mass is 370 g/mol. The van der Waals surface area contributed by atoms with Gasteiger partial charge in [-0.25, -0.2) is 4.99 Å². The van der Waals surface area contributed by atoms with Crippen molar-refractivity contribution < 1.29 is 5.11 Å². The lowest BCUT2D eigenvalue weighted by Crippen LogP contribution is -1.94. The van der Waals surface area contributed by atoms with Crippen LogP contribution in [0.15, 0.2) is 48.0 Å². The lowest BCUT2D eigenvalue weighted by molar-refractivity contribution is 0.457. The third-order valence-corrected chi connectivity index (χ3v) is 4.72. The van der Waals surface area contributed by atoms with Gasteiger partial charge in [0.15, 0.2) is 5.88 Å². The summed E-state index contributed by atoms with van der Waals surface area (Å²) in [5, 5.41) is 25.1. The van der Waals surface area contributed by atoms with Gasteiger partial charge in [0.05, 0.1) is 40.8 Å². The molecule has 0 saturated heterocycles. The van der Waals surface area contributed by atoms with Crippen LogP contribution in [0.1, 0.15) is 23.6 Å². The minimum Gasteiger partial charge on any atom is -0.494 e. The summed E-state index contributed by atoms with van der Waals surface area (Å²) in [7, 11) is 1.82. The van der Waals surface area contributed by atoms with E-state index in [0.29, 0.717) is 28.0 Å². The Morgan fingerprint density at radius 3 is 2.79 bits per heavy atom. The summed E-state index contributed by atoms with van der Waals surface area (Å²) in [5.41, 5.74) is 5.82. The number of aromatic amines is 1. The van der Waals surface area contributed by atoms with E-state index in [1.54, 1.807) is 35.5 Å². The van der Waals surface area contributed by atoms with E-state index in [1.807, 2.05) is 33.0 Å². The normalized spacial score (nSPS) is 11.7. The quantitative estimate of drug-likeness (QED) is 0.532. The summed E-state index contributed by atoms with van der Waals surface area (Å²) in [5.74, 6) is 0.0177. The number of rotatable bonds is 3. The number of hydrogen-bond acceptors (Lipinski definition) is 5. The van der Waals surface area contributed by atoms with Crippen LogP contribution in [0.4, 0.5) is 5.69 Å². The first-order valence-electron chi connectivity index (χ1n) is 8.72. The number of nitrogens with zero attached hydrogens (tertiary/aromatic N) is 5. The Bertz CT molecular complexity index is 1270. The molecule has 0 atom stereocenters. The van der Waals surface area contributed by atoms with Crippen LogP contribution in [-0.4, -0.2) is 30.6 Å². The fraction of sp³-hybridized carbons (Fsp3) is 0.143. The molecule has 1 aromatic carbocycles. The van der Waals surface area contributed by atoms with Crippen LogP contribution >= 0.6 is 0 Å². The molecule has 0 aliphatic heterocycles. The summed E-state index contributed by atoms with van der Waals surface area (Å²) in [6.45, 7) is 3.81. The van der Waals surface area contributed by atoms with E-state index in [1.165, 1.54) is 0 Å². The number of nitriles is 1. The Balaban J connectivity index is 1.95. The molecule has 0 saturated carbocycles. The fourth-order valence-corrected chi connectivity index (χ4v) is 3.37. The molecule has 0 fully saturated rings. The third kappa shape index (κ3) is 2.91. The average molecular weight is 370 g/mol. The number of benzene rings is 1. The molecule has 28 heavy (non-hydrogen) atoms. The Morgan fingerprint density at radius 2 is 2.11 bits per heavy atom. The Kier molecular flexibility index (Phi) is 4.17. The highest BCUT2D eigenvalue weighted by molar-refractivity contribution is 6.13. The molecule has 0 radical (unpaired) electrons. The van der Waals surface area contributed by atoms with Crippen LogP contribution < -0.4 is 0 Å². The van der Waals surface area contributed by atoms with Crippen LogP contribution in [0.25, 0.3) is 22.0 Å². The SMILES string of the molecule is CC(=Nc1cnn(C)c1)c1c(O)[nH]c2cc(C#N)c(-c3cnccc3C)cc12. The van der Waals surface area contributed by atoms with Gasteiger partial charge >= 0.3 is 0 Å². The van der Waals surface area contributed by atoms with Gasteiger partial charge in [-0.2, -0.15) is 10.4 Å². The molecule has 3 aromatic heterocycles. The lowest BCUT2D eigenvalue weighted by Gasteiger charge is -2.08. The summed E-state index contributed by atoms with van der Waals surface area (Å²) >= 11 is 0. The molecular weight excluding hydrogens is 352 g/mol. The first kappa shape index (κ1) is 17.5. The molecule has 4 rings (SSSR count). The molecule has 2 N–H and O–H groups in total. The summed E-state index contributed by atoms with van der Waals surface area (Å²) in [6, 6.07) is 7.81. The van der Waals surface area contributed by atoms with E-state index in [9.17, 15) is 10.4 Å². The number of hydrogen-bond donors (Lipinski definition) is 2. The highest BCUT2D eigenvalue weighted by Gasteiger charge is 2.18. The maximum Gasteiger partial charge on any atom is 0.198 e. The van der Waals surface area contributed by atoms with E-state index >= 15 is 0 Å². The van der Waals surface area contributed by atoms with Crippen LogP contribution in [0.2, 0.25) is 0 Å². The maximum atomic E-state index is 10.5. The van der Waals surface area contributed by atoms with Crippen LogP contribution in [0.3, 0.4) is 0 Å². The van der Waals surface area contributed by atoms with Gasteiger partial charge < -0.3 is 10.1 Å². The van der Waals surface area contributed by atoms with E-state index < -0.39 is 0 Å². The van der Waals surface area contributed by atoms with Crippen LogP contribution in [0.5, 0.6) is 5.88 Å². The molecule has 138 valence electrons. The van der Waals surface area contributed by atoms with Gasteiger partial charge in [-0.3, -0.25) is 9.67 Å². The smallest absolute Gasteiger partial charge is 0.198 e. The van der Waals surface area contributed by atoms with Crippen molar-refractivity contribution in [1.82, 2.24) is 19.7 Å². The summed E-state index contributed by atoms with van der Waals surface area (Å²) in [6.07, 6.45) is 6.93. The predicted molar refractivity (Wildman–Crippen MR) is 108 cm³/mol. The Labute approximate surface area is 161 Å². The van der Waals surface area contributed by atoms with Crippen molar-refractivity contribution in [2.75, 3.05) is 0 Å². The van der Waals surface area contributed by atoms with Crippen molar-refractivity contribution in [2.45, 2.75) is 13.8 Å². The topological polar surface area (TPSA) is 103 Å². The van der Waals surface area contributed by atoms with E-state index in [-0.39, 0.29) is 5.88 Å². The average Bonchev–Trinajstić information content (AvgIpc) is 3.22. The molecule has 0 amide bonds. The first-order chi connectivity index (χ1) is 13.5. The zero-order valence-corrected chi connectivity index (χ0v) is 15.7. The summed E-state index contributed by atoms with van der Waals surface area (Å²) in [4.78, 5) is 11.7. The minimum atomic E-state index is 0.0177. The number of fused-ring (bicyclic) bond motifs is 1. The molecular formula is C21H18N6O. The van der Waals surface area contributed by atoms with Gasteiger partial charge in [0.25, 0.3) is 0 Å². The second-order valence-corrected chi connectivity index (χ2v) is 6.66. The van der Waals surface area contributed by atoms with Gasteiger partial charge in [-0.1, -0.05) is 0 Å². The zero-order chi connectivity index (χ0) is 19.8. The number of nitrogens with one attached hydrogen (secondary N) is 1. The first-order valence-corrected chi connectivity index (χ1v) is 8.72. The lowest BCUT2D eigenvalue weighted by atomic mass is 9.95. The summed E-state index contributed by atoms with van der Waals surface area (Å²) < 4.78 is 1.67. The van der Waals surface area contributed by atoms with Gasteiger partial charge in [-0.15, -0.1) is 0 Å². The number of aromatic nitrogens is 4. The molecule has 0 unspecified atom stereocenters. The van der Waals surface area contributed by atoms with Gasteiger partial charge in [0, 0.05) is 36.0 Å². The van der Waals surface area contributed by atoms with Crippen molar-refractivity contribution in [1.29, 1.82) is 5.26 Å². The Hall–Kier alpha value is -3.92. The highest BCUT2D eigenvalue weighted by Crippen LogP contribution is 2.35. The fourth-order valence-electron chi connectivity index (χ4n) is 3.37. The molecule has 4 aromatic rings. The maximum absolute atomic E-state index is 10.5. The van der Waals surface area contributed by atoms with Crippen molar-refractivity contribution >= 4 is 22.3 Å². The standard InChI is InChI=1S/C21H18N6O/c1-12-4-5-23-10-18(12)16-7-17-19(6-14(16)8-22)26-21(28)20(17)13(2)25-15-9-24-27(3)11-15/h4-7,9-11,26,28H,1-3H3. The van der Waals surface area contributed by atoms with E-state index in [0.717, 1.165) is 22.1 Å². The van der Waals surface area contributed by atoms with Gasteiger partial charge in [-0.05, 0) is 37.6 Å². The number of aromatic hydroxyl groups is 1. The second kappa shape index (κ2) is 6.67. The molecule has 0 aliphatic rings. The number of pyridine rings is 1. The molecule has 0 aliphatic carbocycles. The van der Waals surface area contributed by atoms with Crippen molar-refractivity contribution in [2.24, 2.45) is 12.0 Å². The van der Waals surface area contributed by atoms with Gasteiger partial charge in [0.1, 0.15) is 5.69 Å². The number of H-pyrrole nitrogens is 1. The van der Waals surface area contributed by atoms with Crippen LogP contribution in [-0.2, 0) is 7.05 Å². The van der Waals surface area contributed by atoms with Crippen molar-refractivity contribution in [3.8, 4) is 23.1 Å². The van der Waals surface area contributed by atoms with Gasteiger partial charge in [0.2, 0.25) is 0 Å². The number of aryl methyl sites for hydroxylation is 2. The van der Waals surface area contributed by atoms with Crippen molar-refractivity contribution in [3.63, 3.8) is 0 Å². The minimum absolute atomic E-state index is 0.0177. The second-order valence-electron chi connectivity index (χ2n) is 6.66. The zero-order valence-electron chi connectivity index (χ0n) is 15.7. The molecule has 3 heterocycles. The third-order valence-electron chi connectivity index (χ3n) is 4.72. The van der Waals surface area contributed by atoms with Crippen LogP contribution in [0, 0.1) is 18.3 Å². The highest BCUT2D eigenvalue weighted by atomic mass is 16.3. The molecule has 0 spiro atoms. The largest absolute Gasteiger partial charge is 0.494 e. The predicted octanol–water partition coefficient (Wildman–Crippen LogP) is 3.99. The Morgan fingerprint density at radius 1 is 1.29 bits per heavy atom. The van der Waals surface area contributed by atoms with Crippen molar-refractivity contribution in [3.05, 3.63) is 59.7 Å². The van der Waals surface area contributed by atoms with E-state index in [4.69, 9.17) is 0 Å². The molecule has 7 heteroatoms. The number of aliphatic imine (C=N–C) groups is 1.